The van der Waals surface area contributed by atoms with E-state index in [2.05, 4.69) is 41.0 Å². The molecule has 2 aromatic heterocycles. The summed E-state index contributed by atoms with van der Waals surface area (Å²) in [4.78, 5) is 13.0. The molecule has 5 heteroatoms. The van der Waals surface area contributed by atoms with Crippen molar-refractivity contribution in [2.45, 2.75) is 32.7 Å². The summed E-state index contributed by atoms with van der Waals surface area (Å²) in [5, 5.41) is 3.28. The van der Waals surface area contributed by atoms with Crippen LogP contribution in [0.5, 0.6) is 5.88 Å². The monoisotopic (exact) mass is 272 g/mol. The number of hydrogen-bond acceptors (Lipinski definition) is 5. The van der Waals surface area contributed by atoms with Crippen LogP contribution in [0.3, 0.4) is 0 Å². The molecule has 5 nitrogen and oxygen atoms in total. The number of nitrogens with zero attached hydrogens (tertiary/aromatic N) is 3. The Labute approximate surface area is 119 Å². The maximum Gasteiger partial charge on any atom is 0.218 e. The van der Waals surface area contributed by atoms with E-state index in [1.165, 1.54) is 0 Å². The molecule has 106 valence electrons. The van der Waals surface area contributed by atoms with Crippen molar-refractivity contribution in [2.75, 3.05) is 12.4 Å². The standard InChI is InChI=1S/C15H20N4O/c1-15(2,3)14-18-12(8-13(19-14)20-4)17-10-11-6-5-7-16-9-11/h5-9H,10H2,1-4H3,(H,17,18,19). The van der Waals surface area contributed by atoms with Gasteiger partial charge in [0.15, 0.2) is 0 Å². The van der Waals surface area contributed by atoms with Gasteiger partial charge < -0.3 is 10.1 Å². The summed E-state index contributed by atoms with van der Waals surface area (Å²) in [5.74, 6) is 2.08. The van der Waals surface area contributed by atoms with E-state index in [0.29, 0.717) is 12.4 Å². The third-order valence-corrected chi connectivity index (χ3v) is 2.78. The molecule has 0 atom stereocenters. The molecule has 2 heterocycles. The quantitative estimate of drug-likeness (QED) is 0.927. The van der Waals surface area contributed by atoms with Crippen molar-refractivity contribution in [3.63, 3.8) is 0 Å². The molecule has 2 rings (SSSR count). The van der Waals surface area contributed by atoms with E-state index < -0.39 is 0 Å². The van der Waals surface area contributed by atoms with Gasteiger partial charge in [0.1, 0.15) is 11.6 Å². The Hall–Kier alpha value is -2.17. The summed E-state index contributed by atoms with van der Waals surface area (Å²) >= 11 is 0. The van der Waals surface area contributed by atoms with Gasteiger partial charge in [-0.15, -0.1) is 0 Å². The summed E-state index contributed by atoms with van der Waals surface area (Å²) in [6.07, 6.45) is 3.59. The van der Waals surface area contributed by atoms with Crippen LogP contribution in [0.4, 0.5) is 5.82 Å². The maximum atomic E-state index is 5.24. The molecule has 2 aromatic rings. The Kier molecular flexibility index (Phi) is 4.17. The number of hydrogen-bond donors (Lipinski definition) is 1. The average molecular weight is 272 g/mol. The van der Waals surface area contributed by atoms with Gasteiger partial charge in [-0.05, 0) is 11.6 Å². The van der Waals surface area contributed by atoms with Crippen molar-refractivity contribution in [3.8, 4) is 5.88 Å². The first-order chi connectivity index (χ1) is 9.49. The smallest absolute Gasteiger partial charge is 0.218 e. The summed E-state index contributed by atoms with van der Waals surface area (Å²) < 4.78 is 5.24. The molecular weight excluding hydrogens is 252 g/mol. The van der Waals surface area contributed by atoms with E-state index in [4.69, 9.17) is 4.74 Å². The van der Waals surface area contributed by atoms with Crippen molar-refractivity contribution in [2.24, 2.45) is 0 Å². The third-order valence-electron chi connectivity index (χ3n) is 2.78. The minimum absolute atomic E-state index is 0.126. The Balaban J connectivity index is 2.19. The summed E-state index contributed by atoms with van der Waals surface area (Å²) in [6, 6.07) is 5.73. The summed E-state index contributed by atoms with van der Waals surface area (Å²) in [6.45, 7) is 6.89. The van der Waals surface area contributed by atoms with Crippen molar-refractivity contribution < 1.29 is 4.74 Å². The second kappa shape index (κ2) is 5.86. The lowest BCUT2D eigenvalue weighted by Gasteiger charge is -2.18. The molecule has 0 unspecified atom stereocenters. The molecule has 0 aliphatic heterocycles. The largest absolute Gasteiger partial charge is 0.481 e. The molecular formula is C15H20N4O. The van der Waals surface area contributed by atoms with Crippen LogP contribution in [0.2, 0.25) is 0 Å². The fraction of sp³-hybridized carbons (Fsp3) is 0.400. The lowest BCUT2D eigenvalue weighted by molar-refractivity contribution is 0.389. The second-order valence-corrected chi connectivity index (χ2v) is 5.58. The molecule has 0 saturated heterocycles. The van der Waals surface area contributed by atoms with Gasteiger partial charge in [-0.25, -0.2) is 4.98 Å². The fourth-order valence-electron chi connectivity index (χ4n) is 1.65. The molecule has 0 aliphatic rings. The Morgan fingerprint density at radius 3 is 2.65 bits per heavy atom. The van der Waals surface area contributed by atoms with Crippen molar-refractivity contribution in [1.29, 1.82) is 0 Å². The van der Waals surface area contributed by atoms with Gasteiger partial charge in [-0.1, -0.05) is 26.8 Å². The molecule has 0 spiro atoms. The van der Waals surface area contributed by atoms with Gasteiger partial charge in [0, 0.05) is 30.4 Å². The van der Waals surface area contributed by atoms with E-state index in [1.807, 2.05) is 18.3 Å². The number of ether oxygens (including phenoxy) is 1. The van der Waals surface area contributed by atoms with E-state index >= 15 is 0 Å². The first kappa shape index (κ1) is 14.2. The molecule has 0 radical (unpaired) electrons. The predicted molar refractivity (Wildman–Crippen MR) is 78.8 cm³/mol. The molecule has 0 aromatic carbocycles. The Bertz CT molecular complexity index is 564. The van der Waals surface area contributed by atoms with E-state index in [0.717, 1.165) is 17.2 Å². The van der Waals surface area contributed by atoms with E-state index in [-0.39, 0.29) is 5.41 Å². The van der Waals surface area contributed by atoms with Crippen LogP contribution in [-0.2, 0) is 12.0 Å². The minimum Gasteiger partial charge on any atom is -0.481 e. The molecule has 1 N–H and O–H groups in total. The van der Waals surface area contributed by atoms with Gasteiger partial charge in [0.05, 0.1) is 7.11 Å². The normalized spacial score (nSPS) is 11.2. The van der Waals surface area contributed by atoms with E-state index in [9.17, 15) is 0 Å². The zero-order valence-electron chi connectivity index (χ0n) is 12.3. The van der Waals surface area contributed by atoms with Crippen LogP contribution in [0.1, 0.15) is 32.2 Å². The van der Waals surface area contributed by atoms with Crippen LogP contribution in [-0.4, -0.2) is 22.1 Å². The highest BCUT2D eigenvalue weighted by atomic mass is 16.5. The SMILES string of the molecule is COc1cc(NCc2cccnc2)nc(C(C)(C)C)n1. The van der Waals surface area contributed by atoms with Crippen LogP contribution in [0.25, 0.3) is 0 Å². The van der Waals surface area contributed by atoms with Crippen LogP contribution < -0.4 is 10.1 Å². The molecule has 0 bridgehead atoms. The molecule has 0 amide bonds. The third kappa shape index (κ3) is 3.66. The predicted octanol–water partition coefficient (Wildman–Crippen LogP) is 2.79. The van der Waals surface area contributed by atoms with Gasteiger partial charge in [-0.3, -0.25) is 4.98 Å². The zero-order valence-corrected chi connectivity index (χ0v) is 12.3. The van der Waals surface area contributed by atoms with Crippen LogP contribution in [0, 0.1) is 0 Å². The number of pyridine rings is 1. The summed E-state index contributed by atoms with van der Waals surface area (Å²) in [7, 11) is 1.61. The lowest BCUT2D eigenvalue weighted by Crippen LogP contribution is -2.17. The number of rotatable bonds is 4. The lowest BCUT2D eigenvalue weighted by atomic mass is 9.96. The average Bonchev–Trinajstić information content (AvgIpc) is 2.45. The topological polar surface area (TPSA) is 59.9 Å². The molecule has 0 saturated carbocycles. The number of nitrogens with one attached hydrogen (secondary N) is 1. The molecule has 0 fully saturated rings. The highest BCUT2D eigenvalue weighted by Gasteiger charge is 2.19. The van der Waals surface area contributed by atoms with E-state index in [1.54, 1.807) is 19.4 Å². The molecule has 0 aliphatic carbocycles. The number of methoxy groups -OCH3 is 1. The number of aromatic nitrogens is 3. The first-order valence-electron chi connectivity index (χ1n) is 6.55. The van der Waals surface area contributed by atoms with Crippen molar-refractivity contribution in [1.82, 2.24) is 15.0 Å². The first-order valence-corrected chi connectivity index (χ1v) is 6.55. The zero-order chi connectivity index (χ0) is 14.6. The fourth-order valence-corrected chi connectivity index (χ4v) is 1.65. The minimum atomic E-state index is -0.126. The highest BCUT2D eigenvalue weighted by molar-refractivity contribution is 5.40. The maximum absolute atomic E-state index is 5.24. The second-order valence-electron chi connectivity index (χ2n) is 5.58. The van der Waals surface area contributed by atoms with Gasteiger partial charge in [0.2, 0.25) is 5.88 Å². The van der Waals surface area contributed by atoms with Crippen LogP contribution >= 0.6 is 0 Å². The number of anilines is 1. The highest BCUT2D eigenvalue weighted by Crippen LogP contribution is 2.23. The van der Waals surface area contributed by atoms with Gasteiger partial charge in [-0.2, -0.15) is 4.98 Å². The molecule has 20 heavy (non-hydrogen) atoms. The Morgan fingerprint density at radius 1 is 1.25 bits per heavy atom. The van der Waals surface area contributed by atoms with Crippen LogP contribution in [0.15, 0.2) is 30.6 Å². The van der Waals surface area contributed by atoms with Crippen molar-refractivity contribution in [3.05, 3.63) is 42.0 Å². The van der Waals surface area contributed by atoms with Crippen molar-refractivity contribution >= 4 is 5.82 Å². The summed E-state index contributed by atoms with van der Waals surface area (Å²) in [5.41, 5.74) is 0.974. The van der Waals surface area contributed by atoms with Gasteiger partial charge in [0.25, 0.3) is 0 Å². The Morgan fingerprint density at radius 2 is 2.05 bits per heavy atom. The van der Waals surface area contributed by atoms with Gasteiger partial charge >= 0.3 is 0 Å².